The number of carbonyl (C=O) groups is 1. The standard InChI is InChI=1S/C12H7ClN4O2/c13-10-11(17-5-9(12(18)19)14-6-17)16-8-4-2-1-3-7(8)15-10/h1-6H,(H,18,19). The summed E-state index contributed by atoms with van der Waals surface area (Å²) in [7, 11) is 0. The van der Waals surface area contributed by atoms with Crippen LogP contribution >= 0.6 is 11.6 Å². The van der Waals surface area contributed by atoms with Gasteiger partial charge in [-0.1, -0.05) is 23.7 Å². The van der Waals surface area contributed by atoms with Crippen molar-refractivity contribution in [2.24, 2.45) is 0 Å². The average Bonchev–Trinajstić information content (AvgIpc) is 2.87. The molecule has 3 aromatic rings. The third-order valence-corrected chi connectivity index (χ3v) is 2.81. The number of fused-ring (bicyclic) bond motifs is 1. The Labute approximate surface area is 112 Å². The predicted molar refractivity (Wildman–Crippen MR) is 68.6 cm³/mol. The van der Waals surface area contributed by atoms with Gasteiger partial charge in [-0.05, 0) is 12.1 Å². The lowest BCUT2D eigenvalue weighted by molar-refractivity contribution is 0.0691. The smallest absolute Gasteiger partial charge is 0.356 e. The zero-order chi connectivity index (χ0) is 13.4. The summed E-state index contributed by atoms with van der Waals surface area (Å²) in [4.78, 5) is 23.1. The summed E-state index contributed by atoms with van der Waals surface area (Å²) in [6.45, 7) is 0. The monoisotopic (exact) mass is 274 g/mol. The zero-order valence-corrected chi connectivity index (χ0v) is 10.2. The number of benzene rings is 1. The van der Waals surface area contributed by atoms with Gasteiger partial charge in [0.05, 0.1) is 11.0 Å². The number of nitrogens with zero attached hydrogens (tertiary/aromatic N) is 4. The molecule has 0 bridgehead atoms. The first-order valence-electron chi connectivity index (χ1n) is 5.35. The minimum atomic E-state index is -1.11. The van der Waals surface area contributed by atoms with Crippen LogP contribution in [0.5, 0.6) is 0 Å². The van der Waals surface area contributed by atoms with Crippen LogP contribution in [0.4, 0.5) is 0 Å². The third-order valence-electron chi connectivity index (χ3n) is 2.56. The molecule has 0 fully saturated rings. The molecule has 0 amide bonds. The van der Waals surface area contributed by atoms with Crippen molar-refractivity contribution in [3.63, 3.8) is 0 Å². The van der Waals surface area contributed by atoms with E-state index in [0.717, 1.165) is 0 Å². The van der Waals surface area contributed by atoms with Crippen molar-refractivity contribution in [1.82, 2.24) is 19.5 Å². The van der Waals surface area contributed by atoms with Gasteiger partial charge >= 0.3 is 5.97 Å². The summed E-state index contributed by atoms with van der Waals surface area (Å²) >= 11 is 6.06. The molecule has 0 aliphatic carbocycles. The van der Waals surface area contributed by atoms with Gasteiger partial charge in [0.15, 0.2) is 16.7 Å². The minimum Gasteiger partial charge on any atom is -0.476 e. The van der Waals surface area contributed by atoms with Crippen LogP contribution < -0.4 is 0 Å². The molecule has 0 aliphatic heterocycles. The summed E-state index contributed by atoms with van der Waals surface area (Å²) < 4.78 is 1.44. The molecule has 0 atom stereocenters. The van der Waals surface area contributed by atoms with Gasteiger partial charge in [-0.2, -0.15) is 0 Å². The number of aromatic carboxylic acids is 1. The number of halogens is 1. The first kappa shape index (κ1) is 11.6. The summed E-state index contributed by atoms with van der Waals surface area (Å²) in [5.41, 5.74) is 1.27. The molecule has 0 saturated heterocycles. The van der Waals surface area contributed by atoms with Crippen LogP contribution in [0.25, 0.3) is 16.9 Å². The van der Waals surface area contributed by atoms with Crippen LogP contribution in [0.1, 0.15) is 10.5 Å². The second kappa shape index (κ2) is 4.33. The molecule has 0 radical (unpaired) electrons. The molecule has 1 aromatic carbocycles. The van der Waals surface area contributed by atoms with E-state index in [9.17, 15) is 4.79 Å². The van der Waals surface area contributed by atoms with Gasteiger partial charge in [-0.3, -0.25) is 4.57 Å². The van der Waals surface area contributed by atoms with E-state index in [0.29, 0.717) is 16.9 Å². The fourth-order valence-electron chi connectivity index (χ4n) is 1.68. The molecule has 2 aromatic heterocycles. The van der Waals surface area contributed by atoms with Crippen LogP contribution in [-0.4, -0.2) is 30.6 Å². The molecule has 0 aliphatic rings. The maximum Gasteiger partial charge on any atom is 0.356 e. The fourth-order valence-corrected chi connectivity index (χ4v) is 1.91. The quantitative estimate of drug-likeness (QED) is 0.774. The highest BCUT2D eigenvalue weighted by molar-refractivity contribution is 6.31. The molecule has 3 rings (SSSR count). The third kappa shape index (κ3) is 2.02. The molecule has 19 heavy (non-hydrogen) atoms. The van der Waals surface area contributed by atoms with E-state index in [-0.39, 0.29) is 10.8 Å². The number of hydrogen-bond donors (Lipinski definition) is 1. The summed E-state index contributed by atoms with van der Waals surface area (Å²) in [5, 5.41) is 9.03. The molecular formula is C12H7ClN4O2. The minimum absolute atomic E-state index is 0.0778. The normalized spacial score (nSPS) is 10.8. The van der Waals surface area contributed by atoms with Gasteiger partial charge in [-0.15, -0.1) is 0 Å². The van der Waals surface area contributed by atoms with Crippen molar-refractivity contribution >= 4 is 28.6 Å². The van der Waals surface area contributed by atoms with Crippen LogP contribution in [0.2, 0.25) is 5.15 Å². The topological polar surface area (TPSA) is 80.9 Å². The zero-order valence-electron chi connectivity index (χ0n) is 9.49. The lowest BCUT2D eigenvalue weighted by atomic mass is 10.3. The molecule has 2 heterocycles. The van der Waals surface area contributed by atoms with Crippen molar-refractivity contribution in [3.8, 4) is 5.82 Å². The number of rotatable bonds is 2. The lowest BCUT2D eigenvalue weighted by Gasteiger charge is -2.04. The van der Waals surface area contributed by atoms with Gasteiger partial charge in [-0.25, -0.2) is 19.7 Å². The number of para-hydroxylation sites is 2. The van der Waals surface area contributed by atoms with E-state index in [2.05, 4.69) is 15.0 Å². The van der Waals surface area contributed by atoms with Crippen LogP contribution in [-0.2, 0) is 0 Å². The second-order valence-electron chi connectivity index (χ2n) is 3.80. The second-order valence-corrected chi connectivity index (χ2v) is 4.16. The number of imidazole rings is 1. The first-order chi connectivity index (χ1) is 9.15. The van der Waals surface area contributed by atoms with E-state index in [1.807, 2.05) is 12.1 Å². The van der Waals surface area contributed by atoms with Crippen LogP contribution in [0.15, 0.2) is 36.8 Å². The number of carboxylic acid groups (broad SMARTS) is 1. The van der Waals surface area contributed by atoms with Crippen LogP contribution in [0.3, 0.4) is 0 Å². The highest BCUT2D eigenvalue weighted by Crippen LogP contribution is 2.20. The molecule has 6 nitrogen and oxygen atoms in total. The molecule has 0 spiro atoms. The molecular weight excluding hydrogens is 268 g/mol. The van der Waals surface area contributed by atoms with E-state index in [4.69, 9.17) is 16.7 Å². The van der Waals surface area contributed by atoms with Gasteiger partial charge in [0.25, 0.3) is 0 Å². The predicted octanol–water partition coefficient (Wildman–Crippen LogP) is 2.17. The Kier molecular flexibility index (Phi) is 2.64. The Morgan fingerprint density at radius 1 is 1.21 bits per heavy atom. The Balaban J connectivity index is 2.18. The SMILES string of the molecule is O=C(O)c1cn(-c2nc3ccccc3nc2Cl)cn1. The maximum atomic E-state index is 10.8. The van der Waals surface area contributed by atoms with Crippen molar-refractivity contribution in [2.45, 2.75) is 0 Å². The number of hydrogen-bond acceptors (Lipinski definition) is 4. The average molecular weight is 275 g/mol. The van der Waals surface area contributed by atoms with E-state index in [1.54, 1.807) is 12.1 Å². The van der Waals surface area contributed by atoms with Gasteiger partial charge in [0.2, 0.25) is 0 Å². The van der Waals surface area contributed by atoms with Gasteiger partial charge in [0, 0.05) is 6.20 Å². The molecule has 0 saturated carbocycles. The largest absolute Gasteiger partial charge is 0.476 e. The van der Waals surface area contributed by atoms with Crippen molar-refractivity contribution in [2.75, 3.05) is 0 Å². The summed E-state index contributed by atoms with van der Waals surface area (Å²) in [6.07, 6.45) is 2.68. The van der Waals surface area contributed by atoms with E-state index >= 15 is 0 Å². The highest BCUT2D eigenvalue weighted by Gasteiger charge is 2.12. The molecule has 94 valence electrons. The lowest BCUT2D eigenvalue weighted by Crippen LogP contribution is -1.99. The molecule has 7 heteroatoms. The van der Waals surface area contributed by atoms with Crippen molar-refractivity contribution in [3.05, 3.63) is 47.6 Å². The number of aromatic nitrogens is 4. The fraction of sp³-hybridized carbons (Fsp3) is 0. The van der Waals surface area contributed by atoms with Crippen molar-refractivity contribution in [1.29, 1.82) is 0 Å². The van der Waals surface area contributed by atoms with Gasteiger partial charge in [0.1, 0.15) is 6.33 Å². The molecule has 1 N–H and O–H groups in total. The Bertz CT molecular complexity index is 784. The number of carboxylic acids is 1. The van der Waals surface area contributed by atoms with E-state index in [1.165, 1.54) is 17.1 Å². The Morgan fingerprint density at radius 3 is 2.53 bits per heavy atom. The Hall–Kier alpha value is -2.47. The van der Waals surface area contributed by atoms with E-state index < -0.39 is 5.97 Å². The first-order valence-corrected chi connectivity index (χ1v) is 5.73. The van der Waals surface area contributed by atoms with Crippen molar-refractivity contribution < 1.29 is 9.90 Å². The molecule has 0 unspecified atom stereocenters. The van der Waals surface area contributed by atoms with Gasteiger partial charge < -0.3 is 5.11 Å². The summed E-state index contributed by atoms with van der Waals surface area (Å²) in [6, 6.07) is 7.28. The highest BCUT2D eigenvalue weighted by atomic mass is 35.5. The van der Waals surface area contributed by atoms with Crippen LogP contribution in [0, 0.1) is 0 Å². The Morgan fingerprint density at radius 2 is 1.89 bits per heavy atom. The maximum absolute atomic E-state index is 10.8. The summed E-state index contributed by atoms with van der Waals surface area (Å²) in [5.74, 6) is -0.760.